The Labute approximate surface area is 133 Å². The molecule has 23 heavy (non-hydrogen) atoms. The zero-order valence-corrected chi connectivity index (χ0v) is 13.2. The van der Waals surface area contributed by atoms with E-state index in [4.69, 9.17) is 4.74 Å². The maximum Gasteiger partial charge on any atom is 0.242 e. The molecule has 1 aromatic carbocycles. The molecule has 0 amide bonds. The van der Waals surface area contributed by atoms with Crippen LogP contribution in [0, 0.1) is 5.82 Å². The van der Waals surface area contributed by atoms with Crippen molar-refractivity contribution in [1.82, 2.24) is 15.0 Å². The second kappa shape index (κ2) is 6.16. The molecule has 0 fully saturated rings. The first-order valence-electron chi connectivity index (χ1n) is 7.32. The molecule has 0 aliphatic heterocycles. The molecular weight excluding hydrogens is 295 g/mol. The summed E-state index contributed by atoms with van der Waals surface area (Å²) in [5.74, 6) is 0.108. The maximum absolute atomic E-state index is 14.2. The Morgan fingerprint density at radius 2 is 1.91 bits per heavy atom. The van der Waals surface area contributed by atoms with Crippen LogP contribution in [0.5, 0.6) is 5.88 Å². The number of rotatable bonds is 4. The normalized spacial score (nSPS) is 10.8. The van der Waals surface area contributed by atoms with Gasteiger partial charge in [0.1, 0.15) is 5.82 Å². The number of benzene rings is 1. The third-order valence-electron chi connectivity index (χ3n) is 3.43. The summed E-state index contributed by atoms with van der Waals surface area (Å²) in [7, 11) is 3.60. The Balaban J connectivity index is 2.14. The molecule has 0 spiro atoms. The Hall–Kier alpha value is -2.76. The highest BCUT2D eigenvalue weighted by molar-refractivity contribution is 5.83. The molecule has 0 atom stereocenters. The second-order valence-electron chi connectivity index (χ2n) is 5.23. The van der Waals surface area contributed by atoms with Gasteiger partial charge in [-0.1, -0.05) is 6.07 Å². The summed E-state index contributed by atoms with van der Waals surface area (Å²) < 4.78 is 19.8. The second-order valence-corrected chi connectivity index (χ2v) is 5.23. The van der Waals surface area contributed by atoms with Crippen molar-refractivity contribution < 1.29 is 9.13 Å². The molecule has 0 saturated carbocycles. The number of nitrogens with zero attached hydrogens (tertiary/aromatic N) is 4. The van der Waals surface area contributed by atoms with Gasteiger partial charge in [0.2, 0.25) is 5.88 Å². The molecule has 2 heterocycles. The summed E-state index contributed by atoms with van der Waals surface area (Å²) in [5.41, 5.74) is 3.06. The van der Waals surface area contributed by atoms with Crippen molar-refractivity contribution in [1.29, 1.82) is 0 Å². The van der Waals surface area contributed by atoms with Gasteiger partial charge in [-0.15, -0.1) is 0 Å². The number of fused-ring (bicyclic) bond motifs is 1. The van der Waals surface area contributed by atoms with E-state index in [1.165, 1.54) is 6.07 Å². The van der Waals surface area contributed by atoms with Crippen molar-refractivity contribution in [3.05, 3.63) is 42.5 Å². The molecule has 3 aromatic rings. The van der Waals surface area contributed by atoms with Crippen LogP contribution in [0.4, 0.5) is 10.1 Å². The molecule has 118 valence electrons. The summed E-state index contributed by atoms with van der Waals surface area (Å²) in [5, 5.41) is 0. The summed E-state index contributed by atoms with van der Waals surface area (Å²) in [4.78, 5) is 14.8. The van der Waals surface area contributed by atoms with Crippen LogP contribution in [0.2, 0.25) is 0 Å². The van der Waals surface area contributed by atoms with Crippen LogP contribution in [0.25, 0.3) is 22.3 Å². The Kier molecular flexibility index (Phi) is 4.06. The molecule has 0 bridgehead atoms. The highest BCUT2D eigenvalue weighted by Crippen LogP contribution is 2.29. The van der Waals surface area contributed by atoms with E-state index in [2.05, 4.69) is 15.0 Å². The lowest BCUT2D eigenvalue weighted by atomic mass is 10.1. The summed E-state index contributed by atoms with van der Waals surface area (Å²) in [6.07, 6.45) is 3.20. The van der Waals surface area contributed by atoms with E-state index in [1.54, 1.807) is 43.5 Å². The van der Waals surface area contributed by atoms with E-state index in [9.17, 15) is 4.39 Å². The molecule has 3 rings (SSSR count). The summed E-state index contributed by atoms with van der Waals surface area (Å²) in [6.45, 7) is 2.35. The quantitative estimate of drug-likeness (QED) is 0.740. The van der Waals surface area contributed by atoms with E-state index in [0.717, 1.165) is 0 Å². The number of hydrogen-bond donors (Lipinski definition) is 0. The van der Waals surface area contributed by atoms with Gasteiger partial charge in [-0.3, -0.25) is 4.98 Å². The predicted molar refractivity (Wildman–Crippen MR) is 88.2 cm³/mol. The number of pyridine rings is 1. The van der Waals surface area contributed by atoms with Gasteiger partial charge in [-0.2, -0.15) is 0 Å². The minimum absolute atomic E-state index is 0.300. The molecule has 0 aliphatic carbocycles. The van der Waals surface area contributed by atoms with Gasteiger partial charge < -0.3 is 9.64 Å². The van der Waals surface area contributed by atoms with Crippen LogP contribution in [-0.2, 0) is 0 Å². The van der Waals surface area contributed by atoms with Gasteiger partial charge in [0.25, 0.3) is 0 Å². The standard InChI is InChI=1S/C17H17FN4O/c1-4-23-17-16-14(19-7-8-20-16)10-13(21-17)11-5-6-15(22(2)3)12(18)9-11/h5-10H,4H2,1-3H3. The largest absolute Gasteiger partial charge is 0.476 e. The molecule has 0 N–H and O–H groups in total. The zero-order valence-electron chi connectivity index (χ0n) is 13.2. The number of halogens is 1. The molecule has 0 aliphatic rings. The lowest BCUT2D eigenvalue weighted by Gasteiger charge is -2.14. The molecule has 0 saturated heterocycles. The van der Waals surface area contributed by atoms with Gasteiger partial charge in [-0.05, 0) is 25.1 Å². The van der Waals surface area contributed by atoms with Crippen molar-refractivity contribution in [2.75, 3.05) is 25.6 Å². The zero-order chi connectivity index (χ0) is 16.4. The fourth-order valence-electron chi connectivity index (χ4n) is 2.36. The summed E-state index contributed by atoms with van der Waals surface area (Å²) in [6, 6.07) is 6.82. The van der Waals surface area contributed by atoms with E-state index in [-0.39, 0.29) is 5.82 Å². The highest BCUT2D eigenvalue weighted by atomic mass is 19.1. The van der Waals surface area contributed by atoms with Crippen LogP contribution < -0.4 is 9.64 Å². The Morgan fingerprint density at radius 3 is 2.61 bits per heavy atom. The third-order valence-corrected chi connectivity index (χ3v) is 3.43. The van der Waals surface area contributed by atoms with Crippen molar-refractivity contribution in [2.24, 2.45) is 0 Å². The van der Waals surface area contributed by atoms with Gasteiger partial charge in [0.05, 0.1) is 23.5 Å². The Bertz CT molecular complexity index is 851. The van der Waals surface area contributed by atoms with Crippen LogP contribution in [0.15, 0.2) is 36.7 Å². The molecule has 5 nitrogen and oxygen atoms in total. The van der Waals surface area contributed by atoms with Crippen molar-refractivity contribution in [3.8, 4) is 17.1 Å². The third kappa shape index (κ3) is 2.92. The fraction of sp³-hybridized carbons (Fsp3) is 0.235. The smallest absolute Gasteiger partial charge is 0.242 e. The monoisotopic (exact) mass is 312 g/mol. The topological polar surface area (TPSA) is 51.1 Å². The highest BCUT2D eigenvalue weighted by Gasteiger charge is 2.12. The SMILES string of the molecule is CCOc1nc(-c2ccc(N(C)C)c(F)c2)cc2nccnc12. The van der Waals surface area contributed by atoms with Gasteiger partial charge in [-0.25, -0.2) is 14.4 Å². The van der Waals surface area contributed by atoms with E-state index < -0.39 is 0 Å². The lowest BCUT2D eigenvalue weighted by Crippen LogP contribution is -2.10. The first kappa shape index (κ1) is 15.1. The minimum Gasteiger partial charge on any atom is -0.476 e. The van der Waals surface area contributed by atoms with Gasteiger partial charge in [0, 0.05) is 32.1 Å². The minimum atomic E-state index is -0.300. The van der Waals surface area contributed by atoms with Gasteiger partial charge in [0.15, 0.2) is 5.52 Å². The predicted octanol–water partition coefficient (Wildman–Crippen LogP) is 3.30. The van der Waals surface area contributed by atoms with E-state index >= 15 is 0 Å². The average molecular weight is 312 g/mol. The average Bonchev–Trinajstić information content (AvgIpc) is 2.54. The molecule has 2 aromatic heterocycles. The molecule has 6 heteroatoms. The first-order valence-corrected chi connectivity index (χ1v) is 7.32. The van der Waals surface area contributed by atoms with Crippen molar-refractivity contribution >= 4 is 16.7 Å². The number of hydrogen-bond acceptors (Lipinski definition) is 5. The van der Waals surface area contributed by atoms with Crippen LogP contribution >= 0.6 is 0 Å². The number of ether oxygens (including phenoxy) is 1. The molecule has 0 radical (unpaired) electrons. The van der Waals surface area contributed by atoms with Crippen molar-refractivity contribution in [3.63, 3.8) is 0 Å². The van der Waals surface area contributed by atoms with Crippen molar-refractivity contribution in [2.45, 2.75) is 6.92 Å². The fourth-order valence-corrected chi connectivity index (χ4v) is 2.36. The Morgan fingerprint density at radius 1 is 1.13 bits per heavy atom. The number of aromatic nitrogens is 3. The maximum atomic E-state index is 14.2. The van der Waals surface area contributed by atoms with E-state index in [0.29, 0.717) is 40.5 Å². The molecular formula is C17H17FN4O. The molecule has 0 unspecified atom stereocenters. The van der Waals surface area contributed by atoms with E-state index in [1.807, 2.05) is 13.0 Å². The lowest BCUT2D eigenvalue weighted by molar-refractivity contribution is 0.331. The summed E-state index contributed by atoms with van der Waals surface area (Å²) >= 11 is 0. The van der Waals surface area contributed by atoms with Crippen LogP contribution in [-0.4, -0.2) is 35.7 Å². The first-order chi connectivity index (χ1) is 11.1. The van der Waals surface area contributed by atoms with Crippen LogP contribution in [0.1, 0.15) is 6.92 Å². The number of anilines is 1. The van der Waals surface area contributed by atoms with Crippen LogP contribution in [0.3, 0.4) is 0 Å². The van der Waals surface area contributed by atoms with Gasteiger partial charge >= 0.3 is 0 Å².